The molecule has 27 heavy (non-hydrogen) atoms. The number of hydrogen-bond acceptors (Lipinski definition) is 2. The van der Waals surface area contributed by atoms with Crippen LogP contribution in [0.15, 0.2) is 24.3 Å². The van der Waals surface area contributed by atoms with E-state index in [1.807, 2.05) is 0 Å². The van der Waals surface area contributed by atoms with E-state index < -0.39 is 0 Å². The van der Waals surface area contributed by atoms with Gasteiger partial charge in [0.2, 0.25) is 0 Å². The van der Waals surface area contributed by atoms with Crippen LogP contribution >= 0.6 is 0 Å². The molecule has 2 heteroatoms. The van der Waals surface area contributed by atoms with Crippen LogP contribution in [-0.4, -0.2) is 25.2 Å². The first kappa shape index (κ1) is 18.4. The van der Waals surface area contributed by atoms with Gasteiger partial charge in [0.15, 0.2) is 0 Å². The van der Waals surface area contributed by atoms with Crippen molar-refractivity contribution < 1.29 is 0 Å². The molecule has 4 aliphatic carbocycles. The summed E-state index contributed by atoms with van der Waals surface area (Å²) < 4.78 is 0. The molecular weight excluding hydrogens is 328 g/mol. The van der Waals surface area contributed by atoms with Gasteiger partial charge < -0.3 is 10.6 Å². The van der Waals surface area contributed by atoms with Crippen molar-refractivity contribution in [2.75, 3.05) is 13.1 Å². The lowest BCUT2D eigenvalue weighted by molar-refractivity contribution is 0.247. The quantitative estimate of drug-likeness (QED) is 0.624. The standard InChI is InChI=1S/C25H40N2/c1-3-10-20-18(8-1)16-24-22(20)12-5-6-13-23-21-11-4-2-9-19(21)17-25(23)27-15-7-14-26-24/h5-6,12-13,18-27H,1-4,7-11,14-17H2/b12-5-,13-6-/t18-,19-,20+,21+,22-,23-,24-,25+/m0/s1. The van der Waals surface area contributed by atoms with E-state index >= 15 is 0 Å². The van der Waals surface area contributed by atoms with Crippen LogP contribution in [0.3, 0.4) is 0 Å². The maximum Gasteiger partial charge on any atom is 0.0135 e. The molecule has 2 N–H and O–H groups in total. The largest absolute Gasteiger partial charge is 0.313 e. The predicted octanol–water partition coefficient (Wildman–Crippen LogP) is 5.07. The van der Waals surface area contributed by atoms with Crippen LogP contribution in [0, 0.1) is 35.5 Å². The molecule has 2 nitrogen and oxygen atoms in total. The van der Waals surface area contributed by atoms with Gasteiger partial charge >= 0.3 is 0 Å². The Labute approximate surface area is 166 Å². The number of allylic oxidation sites excluding steroid dienone is 2. The number of nitrogens with one attached hydrogen (secondary N) is 2. The van der Waals surface area contributed by atoms with Crippen LogP contribution in [0.4, 0.5) is 0 Å². The lowest BCUT2D eigenvalue weighted by atomic mass is 9.77. The molecule has 0 aromatic rings. The van der Waals surface area contributed by atoms with E-state index in [0.717, 1.165) is 47.6 Å². The SMILES string of the molecule is C1=C\[C@H]2[C@@H]3CCCC[C@H]3C[C@@H]2NCCCN[C@@H]2C[C@@H]3CCCC[C@H]3[C@@H]2\C=C/1. The molecule has 0 saturated heterocycles. The normalized spacial score (nSPS) is 50.1. The van der Waals surface area contributed by atoms with E-state index in [1.165, 1.54) is 83.7 Å². The number of fused-ring (bicyclic) bond motifs is 6. The molecule has 0 aromatic carbocycles. The Morgan fingerprint density at radius 1 is 0.556 bits per heavy atom. The van der Waals surface area contributed by atoms with E-state index in [9.17, 15) is 0 Å². The van der Waals surface area contributed by atoms with Crippen LogP contribution in [0.25, 0.3) is 0 Å². The Balaban J connectivity index is 1.33. The molecule has 1 aliphatic heterocycles. The fraction of sp³-hybridized carbons (Fsp3) is 0.840. The number of rotatable bonds is 0. The van der Waals surface area contributed by atoms with Crippen molar-refractivity contribution in [1.29, 1.82) is 0 Å². The summed E-state index contributed by atoms with van der Waals surface area (Å²) in [6.45, 7) is 2.39. The predicted molar refractivity (Wildman–Crippen MR) is 114 cm³/mol. The minimum absolute atomic E-state index is 0.728. The summed E-state index contributed by atoms with van der Waals surface area (Å²) in [5, 5.41) is 7.94. The highest BCUT2D eigenvalue weighted by molar-refractivity contribution is 5.15. The third kappa shape index (κ3) is 3.81. The van der Waals surface area contributed by atoms with Gasteiger partial charge in [-0.1, -0.05) is 62.8 Å². The number of hydrogen-bond donors (Lipinski definition) is 2. The second kappa shape index (κ2) is 8.41. The zero-order valence-corrected chi connectivity index (χ0v) is 17.1. The molecule has 4 saturated carbocycles. The average Bonchev–Trinajstić information content (AvgIpc) is 3.22. The van der Waals surface area contributed by atoms with Gasteiger partial charge in [0.05, 0.1) is 0 Å². The zero-order chi connectivity index (χ0) is 18.1. The topological polar surface area (TPSA) is 24.1 Å². The maximum atomic E-state index is 3.97. The fourth-order valence-corrected chi connectivity index (χ4v) is 7.68. The molecule has 8 atom stereocenters. The van der Waals surface area contributed by atoms with Crippen molar-refractivity contribution >= 4 is 0 Å². The van der Waals surface area contributed by atoms with Crippen molar-refractivity contribution in [3.05, 3.63) is 24.3 Å². The van der Waals surface area contributed by atoms with E-state index in [-0.39, 0.29) is 0 Å². The van der Waals surface area contributed by atoms with Gasteiger partial charge in [-0.25, -0.2) is 0 Å². The lowest BCUT2D eigenvalue weighted by Gasteiger charge is -2.28. The summed E-state index contributed by atoms with van der Waals surface area (Å²) in [7, 11) is 0. The average molecular weight is 369 g/mol. The molecule has 0 bridgehead atoms. The molecule has 0 unspecified atom stereocenters. The highest BCUT2D eigenvalue weighted by Gasteiger charge is 2.43. The van der Waals surface area contributed by atoms with Crippen LogP contribution in [-0.2, 0) is 0 Å². The summed E-state index contributed by atoms with van der Waals surface area (Å²) >= 11 is 0. The Kier molecular flexibility index (Phi) is 5.74. The second-order valence-electron chi connectivity index (χ2n) is 10.3. The molecule has 5 rings (SSSR count). The van der Waals surface area contributed by atoms with Gasteiger partial charge in [0.1, 0.15) is 0 Å². The summed E-state index contributed by atoms with van der Waals surface area (Å²) in [6.07, 6.45) is 26.0. The van der Waals surface area contributed by atoms with Gasteiger partial charge in [-0.15, -0.1) is 0 Å². The second-order valence-corrected chi connectivity index (χ2v) is 10.3. The Morgan fingerprint density at radius 3 is 1.56 bits per heavy atom. The zero-order valence-electron chi connectivity index (χ0n) is 17.1. The first-order chi connectivity index (χ1) is 13.4. The van der Waals surface area contributed by atoms with Crippen molar-refractivity contribution in [2.45, 2.75) is 82.7 Å². The first-order valence-electron chi connectivity index (χ1n) is 12.2. The molecule has 5 aliphatic rings. The monoisotopic (exact) mass is 368 g/mol. The van der Waals surface area contributed by atoms with Crippen LogP contribution in [0.1, 0.15) is 70.6 Å². The first-order valence-corrected chi connectivity index (χ1v) is 12.2. The van der Waals surface area contributed by atoms with Gasteiger partial charge in [-0.05, 0) is 80.7 Å². The Hall–Kier alpha value is -0.600. The van der Waals surface area contributed by atoms with Crippen LogP contribution < -0.4 is 10.6 Å². The molecule has 0 radical (unpaired) electrons. The maximum absolute atomic E-state index is 3.97. The minimum Gasteiger partial charge on any atom is -0.313 e. The van der Waals surface area contributed by atoms with Crippen molar-refractivity contribution in [3.8, 4) is 0 Å². The molecule has 0 spiro atoms. The van der Waals surface area contributed by atoms with Crippen molar-refractivity contribution in [3.63, 3.8) is 0 Å². The van der Waals surface area contributed by atoms with E-state index in [2.05, 4.69) is 34.9 Å². The highest BCUT2D eigenvalue weighted by atomic mass is 15.0. The van der Waals surface area contributed by atoms with Gasteiger partial charge in [0, 0.05) is 12.1 Å². The fourth-order valence-electron chi connectivity index (χ4n) is 7.68. The third-order valence-electron chi connectivity index (χ3n) is 8.91. The molecule has 1 heterocycles. The van der Waals surface area contributed by atoms with Gasteiger partial charge in [-0.3, -0.25) is 0 Å². The van der Waals surface area contributed by atoms with Crippen molar-refractivity contribution in [1.82, 2.24) is 10.6 Å². The van der Waals surface area contributed by atoms with E-state index in [4.69, 9.17) is 0 Å². The van der Waals surface area contributed by atoms with E-state index in [1.54, 1.807) is 0 Å². The van der Waals surface area contributed by atoms with Crippen LogP contribution in [0.5, 0.6) is 0 Å². The van der Waals surface area contributed by atoms with E-state index in [0.29, 0.717) is 0 Å². The highest BCUT2D eigenvalue weighted by Crippen LogP contribution is 2.48. The Bertz CT molecular complexity index is 505. The minimum atomic E-state index is 0.728. The summed E-state index contributed by atoms with van der Waals surface area (Å²) in [5.41, 5.74) is 0. The Morgan fingerprint density at radius 2 is 1.04 bits per heavy atom. The van der Waals surface area contributed by atoms with Crippen LogP contribution in [0.2, 0.25) is 0 Å². The van der Waals surface area contributed by atoms with Gasteiger partial charge in [0.25, 0.3) is 0 Å². The summed E-state index contributed by atoms with van der Waals surface area (Å²) in [6, 6.07) is 1.46. The molecular formula is C25H40N2. The summed E-state index contributed by atoms with van der Waals surface area (Å²) in [4.78, 5) is 0. The van der Waals surface area contributed by atoms with Gasteiger partial charge in [-0.2, -0.15) is 0 Å². The molecule has 0 aromatic heterocycles. The molecule has 0 amide bonds. The molecule has 150 valence electrons. The van der Waals surface area contributed by atoms with Crippen molar-refractivity contribution in [2.24, 2.45) is 35.5 Å². The summed E-state index contributed by atoms with van der Waals surface area (Å²) in [5.74, 6) is 5.43. The smallest absolute Gasteiger partial charge is 0.0135 e. The molecule has 4 fully saturated rings. The lowest BCUT2D eigenvalue weighted by Crippen LogP contribution is -2.37. The third-order valence-corrected chi connectivity index (χ3v) is 8.91.